The van der Waals surface area contributed by atoms with Crippen molar-refractivity contribution < 1.29 is 0 Å². The summed E-state index contributed by atoms with van der Waals surface area (Å²) in [5, 5.41) is 3.00. The van der Waals surface area contributed by atoms with E-state index in [0.717, 1.165) is 22.8 Å². The highest BCUT2D eigenvalue weighted by atomic mass is 32.1. The van der Waals surface area contributed by atoms with Gasteiger partial charge in [0.1, 0.15) is 0 Å². The third-order valence-corrected chi connectivity index (χ3v) is 2.51. The van der Waals surface area contributed by atoms with E-state index in [4.69, 9.17) is 5.73 Å². The molecule has 0 radical (unpaired) electrons. The second-order valence-corrected chi connectivity index (χ2v) is 3.62. The van der Waals surface area contributed by atoms with Crippen molar-refractivity contribution in [1.82, 2.24) is 9.97 Å². The van der Waals surface area contributed by atoms with Gasteiger partial charge in [0, 0.05) is 24.2 Å². The molecule has 0 aliphatic heterocycles. The van der Waals surface area contributed by atoms with Crippen molar-refractivity contribution in [2.75, 3.05) is 5.73 Å². The summed E-state index contributed by atoms with van der Waals surface area (Å²) in [6.45, 7) is 0. The summed E-state index contributed by atoms with van der Waals surface area (Å²) in [4.78, 5) is 8.37. The van der Waals surface area contributed by atoms with Crippen molar-refractivity contribution in [2.24, 2.45) is 0 Å². The molecule has 0 saturated heterocycles. The van der Waals surface area contributed by atoms with Crippen molar-refractivity contribution in [3.8, 4) is 0 Å². The molecule has 0 aromatic carbocycles. The second-order valence-electron chi connectivity index (χ2n) is 2.64. The Morgan fingerprint density at radius 3 is 2.92 bits per heavy atom. The lowest BCUT2D eigenvalue weighted by atomic mass is 10.2. The van der Waals surface area contributed by atoms with Crippen LogP contribution in [0.15, 0.2) is 29.9 Å². The lowest BCUT2D eigenvalue weighted by molar-refractivity contribution is 1.06. The van der Waals surface area contributed by atoms with Crippen LogP contribution >= 0.6 is 11.3 Å². The number of pyridine rings is 1. The molecular weight excluding hydrogens is 182 g/mol. The average molecular weight is 191 g/mol. The van der Waals surface area contributed by atoms with Crippen LogP contribution in [0.3, 0.4) is 0 Å². The first-order valence-electron chi connectivity index (χ1n) is 3.94. The molecule has 0 fully saturated rings. The number of hydrogen-bond donors (Lipinski definition) is 1. The fourth-order valence-electron chi connectivity index (χ4n) is 1.08. The Hall–Kier alpha value is -1.42. The molecule has 66 valence electrons. The van der Waals surface area contributed by atoms with Gasteiger partial charge in [0.15, 0.2) is 0 Å². The first kappa shape index (κ1) is 8.19. The highest BCUT2D eigenvalue weighted by molar-refractivity contribution is 7.09. The van der Waals surface area contributed by atoms with E-state index in [1.807, 2.05) is 17.5 Å². The molecule has 2 heterocycles. The molecule has 2 aromatic heterocycles. The SMILES string of the molecule is Nc1cccnc1Cc1nccs1. The van der Waals surface area contributed by atoms with E-state index in [2.05, 4.69) is 9.97 Å². The minimum Gasteiger partial charge on any atom is -0.397 e. The highest BCUT2D eigenvalue weighted by Crippen LogP contribution is 2.14. The van der Waals surface area contributed by atoms with Crippen molar-refractivity contribution in [1.29, 1.82) is 0 Å². The second kappa shape index (κ2) is 3.53. The summed E-state index contributed by atoms with van der Waals surface area (Å²) in [5.41, 5.74) is 7.39. The molecule has 0 amide bonds. The van der Waals surface area contributed by atoms with E-state index < -0.39 is 0 Å². The molecule has 0 spiro atoms. The number of hydrogen-bond acceptors (Lipinski definition) is 4. The Morgan fingerprint density at radius 2 is 2.23 bits per heavy atom. The van der Waals surface area contributed by atoms with Gasteiger partial charge in [0.25, 0.3) is 0 Å². The van der Waals surface area contributed by atoms with Crippen LogP contribution in [-0.4, -0.2) is 9.97 Å². The summed E-state index contributed by atoms with van der Waals surface area (Å²) >= 11 is 1.62. The van der Waals surface area contributed by atoms with E-state index >= 15 is 0 Å². The zero-order valence-electron chi connectivity index (χ0n) is 6.97. The van der Waals surface area contributed by atoms with Crippen LogP contribution in [0, 0.1) is 0 Å². The van der Waals surface area contributed by atoms with Crippen molar-refractivity contribution in [3.05, 3.63) is 40.6 Å². The molecule has 0 saturated carbocycles. The summed E-state index contributed by atoms with van der Waals surface area (Å²) in [5.74, 6) is 0. The highest BCUT2D eigenvalue weighted by Gasteiger charge is 2.02. The standard InChI is InChI=1S/C9H9N3S/c10-7-2-1-3-11-8(7)6-9-12-4-5-13-9/h1-5H,6,10H2. The Balaban J connectivity index is 2.24. The largest absolute Gasteiger partial charge is 0.397 e. The van der Waals surface area contributed by atoms with E-state index in [1.54, 1.807) is 23.7 Å². The van der Waals surface area contributed by atoms with Crippen LogP contribution in [0.25, 0.3) is 0 Å². The maximum absolute atomic E-state index is 5.75. The number of nitrogens with zero attached hydrogens (tertiary/aromatic N) is 2. The molecule has 4 heteroatoms. The number of thiazole rings is 1. The fourth-order valence-corrected chi connectivity index (χ4v) is 1.70. The van der Waals surface area contributed by atoms with Crippen LogP contribution in [0.2, 0.25) is 0 Å². The Morgan fingerprint density at radius 1 is 1.31 bits per heavy atom. The summed E-state index contributed by atoms with van der Waals surface area (Å²) in [7, 11) is 0. The Kier molecular flexibility index (Phi) is 2.23. The van der Waals surface area contributed by atoms with Gasteiger partial charge in [-0.15, -0.1) is 11.3 Å². The molecule has 0 atom stereocenters. The molecule has 0 aliphatic rings. The quantitative estimate of drug-likeness (QED) is 0.786. The minimum absolute atomic E-state index is 0.727. The Labute approximate surface area is 80.3 Å². The minimum atomic E-state index is 0.727. The summed E-state index contributed by atoms with van der Waals surface area (Å²) < 4.78 is 0. The monoisotopic (exact) mass is 191 g/mol. The van der Waals surface area contributed by atoms with Gasteiger partial charge in [0.05, 0.1) is 16.4 Å². The third kappa shape index (κ3) is 1.84. The van der Waals surface area contributed by atoms with Crippen molar-refractivity contribution in [3.63, 3.8) is 0 Å². The molecular formula is C9H9N3S. The summed E-state index contributed by atoms with van der Waals surface area (Å²) in [6, 6.07) is 3.69. The van der Waals surface area contributed by atoms with Gasteiger partial charge in [-0.2, -0.15) is 0 Å². The van der Waals surface area contributed by atoms with Crippen LogP contribution in [-0.2, 0) is 6.42 Å². The van der Waals surface area contributed by atoms with Gasteiger partial charge < -0.3 is 5.73 Å². The van der Waals surface area contributed by atoms with E-state index in [1.165, 1.54) is 0 Å². The first-order valence-corrected chi connectivity index (χ1v) is 4.82. The van der Waals surface area contributed by atoms with Crippen molar-refractivity contribution >= 4 is 17.0 Å². The zero-order chi connectivity index (χ0) is 9.10. The van der Waals surface area contributed by atoms with Crippen LogP contribution in [0.5, 0.6) is 0 Å². The molecule has 0 bridgehead atoms. The molecule has 2 N–H and O–H groups in total. The zero-order valence-corrected chi connectivity index (χ0v) is 7.79. The van der Waals surface area contributed by atoms with E-state index in [0.29, 0.717) is 0 Å². The topological polar surface area (TPSA) is 51.8 Å². The van der Waals surface area contributed by atoms with E-state index in [9.17, 15) is 0 Å². The van der Waals surface area contributed by atoms with Crippen LogP contribution < -0.4 is 5.73 Å². The lowest BCUT2D eigenvalue weighted by Gasteiger charge is -2.00. The molecule has 0 unspecified atom stereocenters. The third-order valence-electron chi connectivity index (χ3n) is 1.73. The number of rotatable bonds is 2. The normalized spacial score (nSPS) is 10.2. The average Bonchev–Trinajstić information content (AvgIpc) is 2.61. The first-order chi connectivity index (χ1) is 6.36. The van der Waals surface area contributed by atoms with Crippen LogP contribution in [0.1, 0.15) is 10.7 Å². The van der Waals surface area contributed by atoms with Gasteiger partial charge in [0.2, 0.25) is 0 Å². The number of aromatic nitrogens is 2. The van der Waals surface area contributed by atoms with Gasteiger partial charge in [-0.3, -0.25) is 4.98 Å². The number of anilines is 1. The smallest absolute Gasteiger partial charge is 0.0985 e. The lowest BCUT2D eigenvalue weighted by Crippen LogP contribution is -1.97. The van der Waals surface area contributed by atoms with Gasteiger partial charge in [-0.05, 0) is 12.1 Å². The van der Waals surface area contributed by atoms with Crippen LogP contribution in [0.4, 0.5) is 5.69 Å². The molecule has 0 aliphatic carbocycles. The Bertz CT molecular complexity index is 384. The maximum Gasteiger partial charge on any atom is 0.0985 e. The van der Waals surface area contributed by atoms with Gasteiger partial charge >= 0.3 is 0 Å². The predicted octanol–water partition coefficient (Wildman–Crippen LogP) is 1.71. The molecule has 2 aromatic rings. The van der Waals surface area contributed by atoms with Crippen molar-refractivity contribution in [2.45, 2.75) is 6.42 Å². The van der Waals surface area contributed by atoms with E-state index in [-0.39, 0.29) is 0 Å². The maximum atomic E-state index is 5.75. The fraction of sp³-hybridized carbons (Fsp3) is 0.111. The number of nitrogen functional groups attached to an aromatic ring is 1. The predicted molar refractivity (Wildman–Crippen MR) is 53.6 cm³/mol. The van der Waals surface area contributed by atoms with Gasteiger partial charge in [-0.1, -0.05) is 0 Å². The molecule has 3 nitrogen and oxygen atoms in total. The molecule has 2 rings (SSSR count). The number of nitrogens with two attached hydrogens (primary N) is 1. The molecule has 13 heavy (non-hydrogen) atoms. The van der Waals surface area contributed by atoms with Gasteiger partial charge in [-0.25, -0.2) is 4.98 Å². The summed E-state index contributed by atoms with van der Waals surface area (Å²) in [6.07, 6.45) is 4.27.